The Hall–Kier alpha value is -4.46. The Morgan fingerprint density at radius 2 is 1.62 bits per heavy atom. The molecule has 0 fully saturated rings. The molecule has 2 heterocycles. The van der Waals surface area contributed by atoms with Gasteiger partial charge in [-0.3, -0.25) is 9.78 Å². The van der Waals surface area contributed by atoms with E-state index in [4.69, 9.17) is 4.74 Å². The van der Waals surface area contributed by atoms with Crippen molar-refractivity contribution in [2.45, 2.75) is 6.54 Å². The van der Waals surface area contributed by atoms with E-state index < -0.39 is 23.0 Å². The molecule has 8 heteroatoms. The molecule has 0 radical (unpaired) electrons. The average Bonchev–Trinajstić information content (AvgIpc) is 2.84. The highest BCUT2D eigenvalue weighted by molar-refractivity contribution is 5.85. The second kappa shape index (κ2) is 8.82. The van der Waals surface area contributed by atoms with Crippen LogP contribution in [0.1, 0.15) is 5.56 Å². The molecule has 0 aliphatic heterocycles. The molecule has 2 aromatic heterocycles. The van der Waals surface area contributed by atoms with Gasteiger partial charge in [-0.1, -0.05) is 12.1 Å². The predicted molar refractivity (Wildman–Crippen MR) is 121 cm³/mol. The first-order valence-corrected chi connectivity index (χ1v) is 10.3. The van der Waals surface area contributed by atoms with Crippen LogP contribution in [0.3, 0.4) is 0 Å². The number of rotatable bonds is 5. The first-order chi connectivity index (χ1) is 16.5. The number of nitrogens with zero attached hydrogens (tertiary/aromatic N) is 3. The van der Waals surface area contributed by atoms with Gasteiger partial charge in [0.1, 0.15) is 23.2 Å². The number of benzene rings is 3. The van der Waals surface area contributed by atoms with Crippen molar-refractivity contribution in [1.82, 2.24) is 14.5 Å². The lowest BCUT2D eigenvalue weighted by Gasteiger charge is -2.16. The van der Waals surface area contributed by atoms with Gasteiger partial charge >= 0.3 is 0 Å². The molecule has 0 unspecified atom stereocenters. The van der Waals surface area contributed by atoms with E-state index in [-0.39, 0.29) is 17.5 Å². The SMILES string of the molecule is O=c1c2cc(F)ccc2cc(-c2ccc(Oc3cnccn3)cc2)n1Cc1ccc(F)cc1F. The summed E-state index contributed by atoms with van der Waals surface area (Å²) in [5.74, 6) is -1.21. The van der Waals surface area contributed by atoms with E-state index in [2.05, 4.69) is 9.97 Å². The van der Waals surface area contributed by atoms with E-state index in [1.54, 1.807) is 30.3 Å². The largest absolute Gasteiger partial charge is 0.438 e. The van der Waals surface area contributed by atoms with Crippen LogP contribution in [0, 0.1) is 17.5 Å². The monoisotopic (exact) mass is 459 g/mol. The summed E-state index contributed by atoms with van der Waals surface area (Å²) in [5.41, 5.74) is 0.773. The summed E-state index contributed by atoms with van der Waals surface area (Å²) in [4.78, 5) is 21.3. The molecule has 0 aliphatic carbocycles. The molecule has 5 nitrogen and oxygen atoms in total. The minimum atomic E-state index is -0.773. The molecular weight excluding hydrogens is 443 g/mol. The normalized spacial score (nSPS) is 11.0. The van der Waals surface area contributed by atoms with Crippen LogP contribution in [0.25, 0.3) is 22.0 Å². The van der Waals surface area contributed by atoms with Crippen LogP contribution < -0.4 is 10.3 Å². The third-order valence-electron chi connectivity index (χ3n) is 5.33. The standard InChI is InChI=1S/C26H16F3N3O2/c27-19-5-1-17-11-24(16-3-7-21(8-4-16)34-25-14-30-9-10-31-25)32(26(33)22(17)12-19)15-18-2-6-20(28)13-23(18)29/h1-14H,15H2. The fraction of sp³-hybridized carbons (Fsp3) is 0.0385. The maximum Gasteiger partial charge on any atom is 0.259 e. The third-order valence-corrected chi connectivity index (χ3v) is 5.33. The van der Waals surface area contributed by atoms with E-state index >= 15 is 0 Å². The van der Waals surface area contributed by atoms with Crippen LogP contribution in [0.2, 0.25) is 0 Å². The summed E-state index contributed by atoms with van der Waals surface area (Å²) in [6.07, 6.45) is 4.52. The number of hydrogen-bond acceptors (Lipinski definition) is 4. The highest BCUT2D eigenvalue weighted by atomic mass is 19.1. The van der Waals surface area contributed by atoms with Gasteiger partial charge in [-0.05, 0) is 59.5 Å². The van der Waals surface area contributed by atoms with Crippen LogP contribution in [-0.2, 0) is 6.54 Å². The lowest BCUT2D eigenvalue weighted by atomic mass is 10.1. The fourth-order valence-electron chi connectivity index (χ4n) is 3.69. The lowest BCUT2D eigenvalue weighted by Crippen LogP contribution is -2.23. The molecule has 0 bridgehead atoms. The van der Waals surface area contributed by atoms with Crippen molar-refractivity contribution in [1.29, 1.82) is 0 Å². The van der Waals surface area contributed by atoms with Crippen molar-refractivity contribution in [2.75, 3.05) is 0 Å². The van der Waals surface area contributed by atoms with Gasteiger partial charge < -0.3 is 9.30 Å². The van der Waals surface area contributed by atoms with E-state index in [0.717, 1.165) is 18.2 Å². The van der Waals surface area contributed by atoms with Crippen molar-refractivity contribution < 1.29 is 17.9 Å². The highest BCUT2D eigenvalue weighted by Gasteiger charge is 2.15. The van der Waals surface area contributed by atoms with Crippen LogP contribution in [0.5, 0.6) is 11.6 Å². The number of halogens is 3. The Bertz CT molecular complexity index is 1550. The van der Waals surface area contributed by atoms with Gasteiger partial charge in [-0.2, -0.15) is 0 Å². The van der Waals surface area contributed by atoms with Gasteiger partial charge in [0.2, 0.25) is 5.88 Å². The van der Waals surface area contributed by atoms with Gasteiger partial charge in [-0.15, -0.1) is 0 Å². The van der Waals surface area contributed by atoms with E-state index in [1.807, 2.05) is 0 Å². The maximum absolute atomic E-state index is 14.4. The second-order valence-electron chi connectivity index (χ2n) is 7.56. The molecule has 0 saturated heterocycles. The summed E-state index contributed by atoms with van der Waals surface area (Å²) in [6.45, 7) is -0.162. The summed E-state index contributed by atoms with van der Waals surface area (Å²) < 4.78 is 48.6. The van der Waals surface area contributed by atoms with Crippen LogP contribution in [0.4, 0.5) is 13.2 Å². The van der Waals surface area contributed by atoms with Crippen molar-refractivity contribution in [2.24, 2.45) is 0 Å². The zero-order chi connectivity index (χ0) is 23.7. The molecule has 0 amide bonds. The number of aromatic nitrogens is 3. The zero-order valence-corrected chi connectivity index (χ0v) is 17.6. The number of hydrogen-bond donors (Lipinski definition) is 0. The minimum absolute atomic E-state index is 0.128. The van der Waals surface area contributed by atoms with Crippen LogP contribution >= 0.6 is 0 Å². The van der Waals surface area contributed by atoms with Gasteiger partial charge in [0, 0.05) is 24.0 Å². The molecule has 34 heavy (non-hydrogen) atoms. The molecule has 0 N–H and O–H groups in total. The third kappa shape index (κ3) is 4.25. The quantitative estimate of drug-likeness (QED) is 0.338. The van der Waals surface area contributed by atoms with E-state index in [0.29, 0.717) is 28.3 Å². The first kappa shape index (κ1) is 21.4. The predicted octanol–water partition coefficient (Wildman–Crippen LogP) is 5.72. The smallest absolute Gasteiger partial charge is 0.259 e. The topological polar surface area (TPSA) is 57.0 Å². The number of fused-ring (bicyclic) bond motifs is 1. The Labute approximate surface area is 191 Å². The summed E-state index contributed by atoms with van der Waals surface area (Å²) in [7, 11) is 0. The van der Waals surface area contributed by atoms with Crippen molar-refractivity contribution in [3.63, 3.8) is 0 Å². The van der Waals surface area contributed by atoms with Gasteiger partial charge in [-0.25, -0.2) is 18.2 Å². The molecule has 0 aliphatic rings. The molecule has 5 rings (SSSR count). The zero-order valence-electron chi connectivity index (χ0n) is 17.6. The first-order valence-electron chi connectivity index (χ1n) is 10.3. The highest BCUT2D eigenvalue weighted by Crippen LogP contribution is 2.27. The Morgan fingerprint density at radius 1 is 0.853 bits per heavy atom. The molecule has 168 valence electrons. The summed E-state index contributed by atoms with van der Waals surface area (Å²) >= 11 is 0. The Balaban J connectivity index is 1.61. The average molecular weight is 459 g/mol. The van der Waals surface area contributed by atoms with Crippen LogP contribution in [0.15, 0.2) is 90.1 Å². The molecule has 3 aromatic carbocycles. The van der Waals surface area contributed by atoms with Crippen molar-refractivity contribution in [3.05, 3.63) is 119 Å². The van der Waals surface area contributed by atoms with Crippen LogP contribution in [-0.4, -0.2) is 14.5 Å². The summed E-state index contributed by atoms with van der Waals surface area (Å²) in [5, 5.41) is 0.700. The number of pyridine rings is 1. The van der Waals surface area contributed by atoms with E-state index in [1.165, 1.54) is 41.4 Å². The summed E-state index contributed by atoms with van der Waals surface area (Å²) in [6, 6.07) is 15.7. The molecular formula is C26H16F3N3O2. The van der Waals surface area contributed by atoms with Crippen molar-refractivity contribution in [3.8, 4) is 22.9 Å². The molecule has 5 aromatic rings. The Morgan fingerprint density at radius 3 is 2.35 bits per heavy atom. The molecule has 0 spiro atoms. The Kier molecular flexibility index (Phi) is 5.55. The minimum Gasteiger partial charge on any atom is -0.438 e. The fourth-order valence-corrected chi connectivity index (χ4v) is 3.69. The van der Waals surface area contributed by atoms with E-state index in [9.17, 15) is 18.0 Å². The molecule has 0 saturated carbocycles. The van der Waals surface area contributed by atoms with Gasteiger partial charge in [0.05, 0.1) is 23.8 Å². The second-order valence-corrected chi connectivity index (χ2v) is 7.56. The van der Waals surface area contributed by atoms with Crippen molar-refractivity contribution >= 4 is 10.8 Å². The molecule has 0 atom stereocenters. The van der Waals surface area contributed by atoms with Gasteiger partial charge in [0.15, 0.2) is 0 Å². The number of ether oxygens (including phenoxy) is 1. The van der Waals surface area contributed by atoms with Gasteiger partial charge in [0.25, 0.3) is 5.56 Å². The lowest BCUT2D eigenvalue weighted by molar-refractivity contribution is 0.460. The maximum atomic E-state index is 14.4.